The number of hydrogen-bond acceptors (Lipinski definition) is 3. The maximum atomic E-state index is 13.0. The molecule has 0 spiro atoms. The number of sulfonamides is 1. The van der Waals surface area contributed by atoms with E-state index in [-0.39, 0.29) is 11.4 Å². The molecule has 0 atom stereocenters. The van der Waals surface area contributed by atoms with Gasteiger partial charge in [0.25, 0.3) is 0 Å². The summed E-state index contributed by atoms with van der Waals surface area (Å²) in [5, 5.41) is 0. The summed E-state index contributed by atoms with van der Waals surface area (Å²) in [6, 6.07) is 5.35. The summed E-state index contributed by atoms with van der Waals surface area (Å²) >= 11 is 0. The van der Waals surface area contributed by atoms with Crippen molar-refractivity contribution >= 4 is 15.9 Å². The third-order valence-corrected chi connectivity index (χ3v) is 6.79. The molecule has 5 nitrogen and oxygen atoms in total. The van der Waals surface area contributed by atoms with E-state index < -0.39 is 15.9 Å². The van der Waals surface area contributed by atoms with Gasteiger partial charge in [0, 0.05) is 6.54 Å². The van der Waals surface area contributed by atoms with Crippen LogP contribution in [0.25, 0.3) is 0 Å². The van der Waals surface area contributed by atoms with E-state index in [0.29, 0.717) is 18.0 Å². The van der Waals surface area contributed by atoms with E-state index >= 15 is 0 Å². The first-order chi connectivity index (χ1) is 11.3. The number of aryl methyl sites for hydroxylation is 2. The molecule has 24 heavy (non-hydrogen) atoms. The van der Waals surface area contributed by atoms with Crippen molar-refractivity contribution in [3.8, 4) is 0 Å². The van der Waals surface area contributed by atoms with Gasteiger partial charge in [0.15, 0.2) is 0 Å². The van der Waals surface area contributed by atoms with Crippen molar-refractivity contribution in [3.05, 3.63) is 29.3 Å². The number of hydrogen-bond donors (Lipinski definition) is 1. The highest BCUT2D eigenvalue weighted by atomic mass is 32.2. The fourth-order valence-electron chi connectivity index (χ4n) is 3.38. The molecule has 1 aromatic rings. The van der Waals surface area contributed by atoms with E-state index in [2.05, 4.69) is 0 Å². The molecule has 1 aliphatic carbocycles. The Balaban J connectivity index is 2.21. The van der Waals surface area contributed by atoms with Crippen LogP contribution < -0.4 is 5.73 Å². The number of rotatable bonds is 7. The number of benzene rings is 1. The number of nitrogens with zero attached hydrogens (tertiary/aromatic N) is 1. The van der Waals surface area contributed by atoms with Gasteiger partial charge >= 0.3 is 0 Å². The maximum Gasteiger partial charge on any atom is 0.243 e. The van der Waals surface area contributed by atoms with E-state index in [1.807, 2.05) is 13.0 Å². The summed E-state index contributed by atoms with van der Waals surface area (Å²) in [5.74, 6) is -0.0736. The van der Waals surface area contributed by atoms with Crippen LogP contribution in [0, 0.1) is 19.8 Å². The predicted octanol–water partition coefficient (Wildman–Crippen LogP) is 2.75. The molecule has 0 aromatic heterocycles. The molecule has 0 aliphatic heterocycles. The number of amides is 1. The van der Waals surface area contributed by atoms with Gasteiger partial charge in [0.2, 0.25) is 15.9 Å². The van der Waals surface area contributed by atoms with Crippen molar-refractivity contribution in [3.63, 3.8) is 0 Å². The van der Waals surface area contributed by atoms with Crippen LogP contribution in [-0.2, 0) is 14.8 Å². The normalized spacial score (nSPS) is 16.5. The minimum atomic E-state index is -3.72. The topological polar surface area (TPSA) is 80.5 Å². The number of nitrogens with two attached hydrogens (primary N) is 1. The molecule has 1 amide bonds. The minimum absolute atomic E-state index is 0.261. The van der Waals surface area contributed by atoms with Gasteiger partial charge in [-0.05, 0) is 43.4 Å². The quantitative estimate of drug-likeness (QED) is 0.819. The van der Waals surface area contributed by atoms with Crippen molar-refractivity contribution in [2.75, 3.05) is 13.1 Å². The SMILES string of the molecule is Cc1ccc(C)c(S(=O)(=O)N(CCC2CCCCC2)CC(N)=O)c1. The van der Waals surface area contributed by atoms with E-state index in [4.69, 9.17) is 5.73 Å². The average Bonchev–Trinajstić information content (AvgIpc) is 2.54. The van der Waals surface area contributed by atoms with Gasteiger partial charge in [-0.3, -0.25) is 4.79 Å². The van der Waals surface area contributed by atoms with Crippen LogP contribution in [0.3, 0.4) is 0 Å². The lowest BCUT2D eigenvalue weighted by Gasteiger charge is -2.26. The predicted molar refractivity (Wildman–Crippen MR) is 95.1 cm³/mol. The van der Waals surface area contributed by atoms with Crippen LogP contribution >= 0.6 is 0 Å². The first kappa shape index (κ1) is 18.9. The van der Waals surface area contributed by atoms with Crippen LogP contribution in [0.4, 0.5) is 0 Å². The molecule has 0 heterocycles. The largest absolute Gasteiger partial charge is 0.369 e. The maximum absolute atomic E-state index is 13.0. The van der Waals surface area contributed by atoms with Gasteiger partial charge in [-0.25, -0.2) is 8.42 Å². The van der Waals surface area contributed by atoms with Crippen LogP contribution in [-0.4, -0.2) is 31.7 Å². The van der Waals surface area contributed by atoms with E-state index in [0.717, 1.165) is 24.8 Å². The number of primary amides is 1. The number of carbonyl (C=O) groups is 1. The van der Waals surface area contributed by atoms with Gasteiger partial charge in [-0.15, -0.1) is 0 Å². The zero-order valence-electron chi connectivity index (χ0n) is 14.6. The Labute approximate surface area is 145 Å². The second kappa shape index (κ2) is 8.12. The Morgan fingerprint density at radius 3 is 2.50 bits per heavy atom. The average molecular weight is 353 g/mol. The second-order valence-corrected chi connectivity index (χ2v) is 8.77. The molecule has 2 rings (SSSR count). The molecular weight excluding hydrogens is 324 g/mol. The Kier molecular flexibility index (Phi) is 6.40. The third kappa shape index (κ3) is 4.80. The molecule has 134 valence electrons. The van der Waals surface area contributed by atoms with Gasteiger partial charge in [0.1, 0.15) is 0 Å². The van der Waals surface area contributed by atoms with Gasteiger partial charge in [-0.1, -0.05) is 44.2 Å². The smallest absolute Gasteiger partial charge is 0.243 e. The van der Waals surface area contributed by atoms with E-state index in [9.17, 15) is 13.2 Å². The van der Waals surface area contributed by atoms with Crippen molar-refractivity contribution in [2.45, 2.75) is 57.3 Å². The van der Waals surface area contributed by atoms with Crippen LogP contribution in [0.15, 0.2) is 23.1 Å². The van der Waals surface area contributed by atoms with Gasteiger partial charge < -0.3 is 5.73 Å². The summed E-state index contributed by atoms with van der Waals surface area (Å²) in [5.41, 5.74) is 6.87. The highest BCUT2D eigenvalue weighted by Crippen LogP contribution is 2.28. The highest BCUT2D eigenvalue weighted by Gasteiger charge is 2.28. The third-order valence-electron chi connectivity index (χ3n) is 4.81. The molecule has 1 fully saturated rings. The molecule has 0 unspecified atom stereocenters. The summed E-state index contributed by atoms with van der Waals surface area (Å²) in [6.45, 7) is 3.72. The lowest BCUT2D eigenvalue weighted by Crippen LogP contribution is -2.40. The summed E-state index contributed by atoms with van der Waals surface area (Å²) < 4.78 is 27.3. The molecule has 1 saturated carbocycles. The lowest BCUT2D eigenvalue weighted by atomic mass is 9.87. The van der Waals surface area contributed by atoms with Gasteiger partial charge in [0.05, 0.1) is 11.4 Å². The Morgan fingerprint density at radius 2 is 1.88 bits per heavy atom. The van der Waals surface area contributed by atoms with Crippen molar-refractivity contribution < 1.29 is 13.2 Å². The molecule has 6 heteroatoms. The summed E-state index contributed by atoms with van der Waals surface area (Å²) in [4.78, 5) is 11.7. The van der Waals surface area contributed by atoms with Crippen molar-refractivity contribution in [1.82, 2.24) is 4.31 Å². The molecule has 1 aliphatic rings. The van der Waals surface area contributed by atoms with Crippen molar-refractivity contribution in [2.24, 2.45) is 11.7 Å². The Hall–Kier alpha value is -1.40. The second-order valence-electron chi connectivity index (χ2n) is 6.87. The molecule has 0 bridgehead atoms. The van der Waals surface area contributed by atoms with Crippen LogP contribution in [0.1, 0.15) is 49.7 Å². The highest BCUT2D eigenvalue weighted by molar-refractivity contribution is 7.89. The van der Waals surface area contributed by atoms with Gasteiger partial charge in [-0.2, -0.15) is 4.31 Å². The first-order valence-corrected chi connectivity index (χ1v) is 10.1. The summed E-state index contributed by atoms with van der Waals surface area (Å²) in [7, 11) is -3.72. The lowest BCUT2D eigenvalue weighted by molar-refractivity contribution is -0.118. The monoisotopic (exact) mass is 352 g/mol. The molecule has 2 N–H and O–H groups in total. The molecular formula is C18H28N2O3S. The van der Waals surface area contributed by atoms with E-state index in [1.54, 1.807) is 19.1 Å². The van der Waals surface area contributed by atoms with Crippen molar-refractivity contribution in [1.29, 1.82) is 0 Å². The zero-order chi connectivity index (χ0) is 17.7. The fourth-order valence-corrected chi connectivity index (χ4v) is 5.12. The Morgan fingerprint density at radius 1 is 1.21 bits per heavy atom. The minimum Gasteiger partial charge on any atom is -0.369 e. The van der Waals surface area contributed by atoms with Crippen LogP contribution in [0.5, 0.6) is 0 Å². The molecule has 0 saturated heterocycles. The van der Waals surface area contributed by atoms with Crippen LogP contribution in [0.2, 0.25) is 0 Å². The van der Waals surface area contributed by atoms with E-state index in [1.165, 1.54) is 23.6 Å². The Bertz CT molecular complexity index is 680. The first-order valence-electron chi connectivity index (χ1n) is 8.66. The summed E-state index contributed by atoms with van der Waals surface area (Å²) in [6.07, 6.45) is 6.77. The zero-order valence-corrected chi connectivity index (χ0v) is 15.4. The molecule has 0 radical (unpaired) electrons. The molecule has 1 aromatic carbocycles. The number of carbonyl (C=O) groups excluding carboxylic acids is 1. The fraction of sp³-hybridized carbons (Fsp3) is 0.611. The standard InChI is InChI=1S/C18H28N2O3S/c1-14-8-9-15(2)17(12-14)24(22,23)20(13-18(19)21)11-10-16-6-4-3-5-7-16/h8-9,12,16H,3-7,10-11,13H2,1-2H3,(H2,19,21).